The molecule has 1 saturated carbocycles. The van der Waals surface area contributed by atoms with Gasteiger partial charge in [0.15, 0.2) is 0 Å². The SMILES string of the molecule is CC(C)CC1CNCC12CCCCC2. The predicted octanol–water partition coefficient (Wildman–Crippen LogP) is 3.20. The molecule has 0 aromatic rings. The second kappa shape index (κ2) is 4.22. The third kappa shape index (κ3) is 1.98. The van der Waals surface area contributed by atoms with Crippen LogP contribution in [0.1, 0.15) is 52.4 Å². The Morgan fingerprint density at radius 2 is 1.93 bits per heavy atom. The van der Waals surface area contributed by atoms with Gasteiger partial charge in [-0.2, -0.15) is 0 Å². The zero-order valence-corrected chi connectivity index (χ0v) is 9.81. The monoisotopic (exact) mass is 195 g/mol. The van der Waals surface area contributed by atoms with E-state index in [4.69, 9.17) is 0 Å². The molecular weight excluding hydrogens is 170 g/mol. The minimum Gasteiger partial charge on any atom is -0.316 e. The van der Waals surface area contributed by atoms with Gasteiger partial charge < -0.3 is 5.32 Å². The van der Waals surface area contributed by atoms with Crippen molar-refractivity contribution in [3.8, 4) is 0 Å². The van der Waals surface area contributed by atoms with Crippen LogP contribution in [0.5, 0.6) is 0 Å². The molecule has 1 spiro atoms. The molecule has 1 heteroatoms. The lowest BCUT2D eigenvalue weighted by atomic mass is 9.66. The summed E-state index contributed by atoms with van der Waals surface area (Å²) in [6, 6.07) is 0. The Kier molecular flexibility index (Phi) is 3.16. The minimum absolute atomic E-state index is 0.711. The van der Waals surface area contributed by atoms with E-state index in [1.807, 2.05) is 0 Å². The average Bonchev–Trinajstić information content (AvgIpc) is 2.50. The van der Waals surface area contributed by atoms with Crippen molar-refractivity contribution in [3.63, 3.8) is 0 Å². The highest BCUT2D eigenvalue weighted by atomic mass is 14.9. The van der Waals surface area contributed by atoms with E-state index in [2.05, 4.69) is 19.2 Å². The Bertz CT molecular complexity index is 180. The van der Waals surface area contributed by atoms with Crippen molar-refractivity contribution in [3.05, 3.63) is 0 Å². The molecule has 1 N–H and O–H groups in total. The smallest absolute Gasteiger partial charge is 0.00111 e. The molecule has 1 saturated heterocycles. The largest absolute Gasteiger partial charge is 0.316 e. The van der Waals surface area contributed by atoms with E-state index in [9.17, 15) is 0 Å². The Labute approximate surface area is 88.7 Å². The second-order valence-corrected chi connectivity index (χ2v) is 5.88. The van der Waals surface area contributed by atoms with Crippen LogP contribution in [0.15, 0.2) is 0 Å². The predicted molar refractivity (Wildman–Crippen MR) is 61.3 cm³/mol. The fourth-order valence-electron chi connectivity index (χ4n) is 3.60. The quantitative estimate of drug-likeness (QED) is 0.713. The Morgan fingerprint density at radius 1 is 1.21 bits per heavy atom. The van der Waals surface area contributed by atoms with Crippen LogP contribution in [0.2, 0.25) is 0 Å². The Hall–Kier alpha value is -0.0400. The number of rotatable bonds is 2. The molecule has 0 radical (unpaired) electrons. The van der Waals surface area contributed by atoms with Crippen molar-refractivity contribution in [2.75, 3.05) is 13.1 Å². The zero-order valence-electron chi connectivity index (χ0n) is 9.81. The van der Waals surface area contributed by atoms with Crippen molar-refractivity contribution < 1.29 is 0 Å². The summed E-state index contributed by atoms with van der Waals surface area (Å²) in [5, 5.41) is 3.64. The summed E-state index contributed by atoms with van der Waals surface area (Å²) in [5.41, 5.74) is 0.711. The van der Waals surface area contributed by atoms with Gasteiger partial charge in [0.05, 0.1) is 0 Å². The van der Waals surface area contributed by atoms with E-state index in [1.165, 1.54) is 51.6 Å². The highest BCUT2D eigenvalue weighted by molar-refractivity contribution is 4.96. The van der Waals surface area contributed by atoms with Crippen LogP contribution >= 0.6 is 0 Å². The lowest BCUT2D eigenvalue weighted by molar-refractivity contribution is 0.131. The molecule has 2 rings (SSSR count). The molecule has 0 amide bonds. The molecule has 2 fully saturated rings. The molecule has 2 aliphatic rings. The van der Waals surface area contributed by atoms with Crippen molar-refractivity contribution in [2.24, 2.45) is 17.3 Å². The maximum absolute atomic E-state index is 3.64. The summed E-state index contributed by atoms with van der Waals surface area (Å²) >= 11 is 0. The van der Waals surface area contributed by atoms with Gasteiger partial charge in [-0.1, -0.05) is 33.1 Å². The van der Waals surface area contributed by atoms with Crippen molar-refractivity contribution in [1.29, 1.82) is 0 Å². The lowest BCUT2D eigenvalue weighted by Gasteiger charge is -2.39. The first-order valence-electron chi connectivity index (χ1n) is 6.44. The first-order chi connectivity index (χ1) is 6.73. The normalized spacial score (nSPS) is 31.5. The van der Waals surface area contributed by atoms with Gasteiger partial charge in [0.1, 0.15) is 0 Å². The zero-order chi connectivity index (χ0) is 10.0. The fourth-order valence-corrected chi connectivity index (χ4v) is 3.60. The van der Waals surface area contributed by atoms with Crippen LogP contribution in [0.4, 0.5) is 0 Å². The van der Waals surface area contributed by atoms with Crippen LogP contribution in [0.3, 0.4) is 0 Å². The van der Waals surface area contributed by atoms with E-state index in [1.54, 1.807) is 0 Å². The molecule has 1 nitrogen and oxygen atoms in total. The van der Waals surface area contributed by atoms with Crippen molar-refractivity contribution in [1.82, 2.24) is 5.32 Å². The van der Waals surface area contributed by atoms with Gasteiger partial charge in [-0.15, -0.1) is 0 Å². The van der Waals surface area contributed by atoms with Crippen LogP contribution in [0.25, 0.3) is 0 Å². The Balaban J connectivity index is 2.00. The number of nitrogens with one attached hydrogen (secondary N) is 1. The summed E-state index contributed by atoms with van der Waals surface area (Å²) in [4.78, 5) is 0. The average molecular weight is 195 g/mol. The maximum atomic E-state index is 3.64. The van der Waals surface area contributed by atoms with Gasteiger partial charge in [0.2, 0.25) is 0 Å². The first-order valence-corrected chi connectivity index (χ1v) is 6.44. The first kappa shape index (κ1) is 10.5. The van der Waals surface area contributed by atoms with Gasteiger partial charge >= 0.3 is 0 Å². The van der Waals surface area contributed by atoms with E-state index in [-0.39, 0.29) is 0 Å². The molecule has 1 heterocycles. The summed E-state index contributed by atoms with van der Waals surface area (Å²) in [7, 11) is 0. The highest BCUT2D eigenvalue weighted by Gasteiger charge is 2.42. The summed E-state index contributed by atoms with van der Waals surface area (Å²) in [6.07, 6.45) is 8.88. The summed E-state index contributed by atoms with van der Waals surface area (Å²) < 4.78 is 0. The van der Waals surface area contributed by atoms with Crippen LogP contribution < -0.4 is 5.32 Å². The molecule has 82 valence electrons. The van der Waals surface area contributed by atoms with Crippen LogP contribution in [-0.4, -0.2) is 13.1 Å². The summed E-state index contributed by atoms with van der Waals surface area (Å²) in [5.74, 6) is 1.85. The second-order valence-electron chi connectivity index (χ2n) is 5.88. The van der Waals surface area contributed by atoms with Gasteiger partial charge in [-0.3, -0.25) is 0 Å². The van der Waals surface area contributed by atoms with Crippen LogP contribution in [0, 0.1) is 17.3 Å². The lowest BCUT2D eigenvalue weighted by Crippen LogP contribution is -2.33. The van der Waals surface area contributed by atoms with E-state index < -0.39 is 0 Å². The number of hydrogen-bond donors (Lipinski definition) is 1. The van der Waals surface area contributed by atoms with E-state index in [0.717, 1.165) is 11.8 Å². The van der Waals surface area contributed by atoms with Gasteiger partial charge in [-0.25, -0.2) is 0 Å². The topological polar surface area (TPSA) is 12.0 Å². The van der Waals surface area contributed by atoms with E-state index >= 15 is 0 Å². The standard InChI is InChI=1S/C13H25N/c1-11(2)8-12-9-14-10-13(12)6-4-3-5-7-13/h11-12,14H,3-10H2,1-2H3. The third-order valence-electron chi connectivity index (χ3n) is 4.34. The molecule has 0 bridgehead atoms. The van der Waals surface area contributed by atoms with Crippen molar-refractivity contribution >= 4 is 0 Å². The number of hydrogen-bond acceptors (Lipinski definition) is 1. The third-order valence-corrected chi connectivity index (χ3v) is 4.34. The Morgan fingerprint density at radius 3 is 2.57 bits per heavy atom. The molecule has 14 heavy (non-hydrogen) atoms. The van der Waals surface area contributed by atoms with E-state index in [0.29, 0.717) is 5.41 Å². The molecule has 1 atom stereocenters. The molecular formula is C13H25N. The molecule has 0 aromatic carbocycles. The minimum atomic E-state index is 0.711. The fraction of sp³-hybridized carbons (Fsp3) is 1.00. The highest BCUT2D eigenvalue weighted by Crippen LogP contribution is 2.46. The van der Waals surface area contributed by atoms with Crippen molar-refractivity contribution in [2.45, 2.75) is 52.4 Å². The molecule has 0 aromatic heterocycles. The van der Waals surface area contributed by atoms with Gasteiger partial charge in [0, 0.05) is 6.54 Å². The maximum Gasteiger partial charge on any atom is 0.00111 e. The van der Waals surface area contributed by atoms with Crippen LogP contribution in [-0.2, 0) is 0 Å². The molecule has 1 unspecified atom stereocenters. The molecule has 1 aliphatic heterocycles. The molecule has 1 aliphatic carbocycles. The van der Waals surface area contributed by atoms with Gasteiger partial charge in [0.25, 0.3) is 0 Å². The summed E-state index contributed by atoms with van der Waals surface area (Å²) in [6.45, 7) is 7.34. The van der Waals surface area contributed by atoms with Gasteiger partial charge in [-0.05, 0) is 43.1 Å².